The van der Waals surface area contributed by atoms with Gasteiger partial charge in [0.15, 0.2) is 0 Å². The SMILES string of the molecule is CCCCCCCCN1C(=O)C(c2ccc(OCCC)cc2)=C(N2CCN(C)CC2)C1=O. The Bertz CT molecular complexity index is 795. The summed E-state index contributed by atoms with van der Waals surface area (Å²) in [4.78, 5) is 32.7. The molecule has 3 rings (SSSR count). The van der Waals surface area contributed by atoms with Gasteiger partial charge in [0.1, 0.15) is 11.4 Å². The molecule has 0 radical (unpaired) electrons. The second-order valence-electron chi connectivity index (χ2n) is 8.92. The molecule has 6 nitrogen and oxygen atoms in total. The van der Waals surface area contributed by atoms with Gasteiger partial charge in [-0.05, 0) is 37.6 Å². The molecule has 1 aromatic rings. The van der Waals surface area contributed by atoms with Crippen LogP contribution in [0.4, 0.5) is 0 Å². The first-order valence-corrected chi connectivity index (χ1v) is 12.3. The van der Waals surface area contributed by atoms with Crippen LogP contribution in [0.25, 0.3) is 5.57 Å². The maximum absolute atomic E-state index is 13.4. The number of benzene rings is 1. The summed E-state index contributed by atoms with van der Waals surface area (Å²) in [5.41, 5.74) is 1.93. The molecule has 1 fully saturated rings. The van der Waals surface area contributed by atoms with Gasteiger partial charge in [-0.3, -0.25) is 14.5 Å². The predicted octanol–water partition coefficient (Wildman–Crippen LogP) is 4.16. The van der Waals surface area contributed by atoms with Gasteiger partial charge in [-0.2, -0.15) is 0 Å². The number of amides is 2. The van der Waals surface area contributed by atoms with Crippen LogP contribution >= 0.6 is 0 Å². The van der Waals surface area contributed by atoms with Gasteiger partial charge in [-0.1, -0.05) is 58.1 Å². The van der Waals surface area contributed by atoms with Crippen LogP contribution in [-0.2, 0) is 9.59 Å². The number of ether oxygens (including phenoxy) is 1. The Balaban J connectivity index is 1.78. The van der Waals surface area contributed by atoms with Gasteiger partial charge in [0.2, 0.25) is 0 Å². The molecule has 0 saturated carbocycles. The van der Waals surface area contributed by atoms with Crippen molar-refractivity contribution in [2.24, 2.45) is 0 Å². The van der Waals surface area contributed by atoms with Gasteiger partial charge in [0.05, 0.1) is 12.2 Å². The molecule has 1 saturated heterocycles. The smallest absolute Gasteiger partial charge is 0.277 e. The Morgan fingerprint density at radius 1 is 0.812 bits per heavy atom. The highest BCUT2D eigenvalue weighted by molar-refractivity contribution is 6.35. The third-order valence-corrected chi connectivity index (χ3v) is 6.31. The Kier molecular flexibility index (Phi) is 9.15. The lowest BCUT2D eigenvalue weighted by atomic mass is 10.0. The molecular weight excluding hydrogens is 402 g/mol. The molecule has 0 aromatic heterocycles. The van der Waals surface area contributed by atoms with Gasteiger partial charge in [-0.15, -0.1) is 0 Å². The maximum Gasteiger partial charge on any atom is 0.277 e. The van der Waals surface area contributed by atoms with E-state index in [-0.39, 0.29) is 11.8 Å². The van der Waals surface area contributed by atoms with Crippen LogP contribution in [0.15, 0.2) is 30.0 Å². The molecule has 176 valence electrons. The number of imide groups is 1. The number of rotatable bonds is 12. The third kappa shape index (κ3) is 5.91. The van der Waals surface area contributed by atoms with Crippen molar-refractivity contribution in [3.8, 4) is 5.75 Å². The van der Waals surface area contributed by atoms with Crippen LogP contribution < -0.4 is 4.74 Å². The largest absolute Gasteiger partial charge is 0.494 e. The summed E-state index contributed by atoms with van der Waals surface area (Å²) >= 11 is 0. The first-order chi connectivity index (χ1) is 15.6. The lowest BCUT2D eigenvalue weighted by Crippen LogP contribution is -2.46. The molecule has 2 heterocycles. The third-order valence-electron chi connectivity index (χ3n) is 6.31. The Morgan fingerprint density at radius 2 is 1.47 bits per heavy atom. The highest BCUT2D eigenvalue weighted by Gasteiger charge is 2.41. The minimum absolute atomic E-state index is 0.130. The Labute approximate surface area is 193 Å². The minimum Gasteiger partial charge on any atom is -0.494 e. The van der Waals surface area contributed by atoms with E-state index in [1.165, 1.54) is 24.2 Å². The number of piperazine rings is 1. The van der Waals surface area contributed by atoms with E-state index in [9.17, 15) is 9.59 Å². The molecule has 2 aliphatic heterocycles. The van der Waals surface area contributed by atoms with E-state index >= 15 is 0 Å². The van der Waals surface area contributed by atoms with Crippen molar-refractivity contribution >= 4 is 17.4 Å². The number of nitrogens with zero attached hydrogens (tertiary/aromatic N) is 3. The second-order valence-corrected chi connectivity index (χ2v) is 8.92. The van der Waals surface area contributed by atoms with Gasteiger partial charge >= 0.3 is 0 Å². The van der Waals surface area contributed by atoms with Crippen molar-refractivity contribution in [1.82, 2.24) is 14.7 Å². The number of unbranched alkanes of at least 4 members (excludes halogenated alkanes) is 5. The zero-order chi connectivity index (χ0) is 22.9. The zero-order valence-corrected chi connectivity index (χ0v) is 20.1. The molecule has 6 heteroatoms. The van der Waals surface area contributed by atoms with E-state index in [1.807, 2.05) is 24.3 Å². The minimum atomic E-state index is -0.153. The average molecular weight is 442 g/mol. The molecule has 2 aliphatic rings. The lowest BCUT2D eigenvalue weighted by molar-refractivity contribution is -0.137. The van der Waals surface area contributed by atoms with E-state index in [4.69, 9.17) is 4.74 Å². The van der Waals surface area contributed by atoms with Crippen molar-refractivity contribution in [2.75, 3.05) is 46.4 Å². The molecule has 32 heavy (non-hydrogen) atoms. The Hall–Kier alpha value is -2.34. The van der Waals surface area contributed by atoms with E-state index in [1.54, 1.807) is 0 Å². The van der Waals surface area contributed by atoms with E-state index in [2.05, 4.69) is 30.7 Å². The number of carbonyl (C=O) groups excluding carboxylic acids is 2. The monoisotopic (exact) mass is 441 g/mol. The van der Waals surface area contributed by atoms with Crippen molar-refractivity contribution in [3.63, 3.8) is 0 Å². The molecule has 0 N–H and O–H groups in total. The summed E-state index contributed by atoms with van der Waals surface area (Å²) in [5.74, 6) is 0.507. The predicted molar refractivity (Wildman–Crippen MR) is 128 cm³/mol. The molecule has 0 unspecified atom stereocenters. The number of hydrogen-bond donors (Lipinski definition) is 0. The van der Waals surface area contributed by atoms with E-state index < -0.39 is 0 Å². The maximum atomic E-state index is 13.4. The molecule has 0 aliphatic carbocycles. The first kappa shape index (κ1) is 24.3. The van der Waals surface area contributed by atoms with Crippen molar-refractivity contribution in [3.05, 3.63) is 35.5 Å². The fraction of sp³-hybridized carbons (Fsp3) is 0.615. The molecule has 1 aromatic carbocycles. The highest BCUT2D eigenvalue weighted by Crippen LogP contribution is 2.33. The van der Waals surface area contributed by atoms with Crippen LogP contribution in [0.3, 0.4) is 0 Å². The normalized spacial score (nSPS) is 17.6. The number of carbonyl (C=O) groups is 2. The summed E-state index contributed by atoms with van der Waals surface area (Å²) < 4.78 is 5.70. The quantitative estimate of drug-likeness (QED) is 0.360. The van der Waals surface area contributed by atoms with Crippen LogP contribution in [0.5, 0.6) is 5.75 Å². The van der Waals surface area contributed by atoms with Gasteiger partial charge < -0.3 is 14.5 Å². The first-order valence-electron chi connectivity index (χ1n) is 12.3. The standard InChI is InChI=1S/C26H39N3O3/c1-4-6-7-8-9-10-15-29-25(30)23(21-11-13-22(14-12-21)32-20-5-2)24(26(29)31)28-18-16-27(3)17-19-28/h11-14H,4-10,15-20H2,1-3H3. The van der Waals surface area contributed by atoms with Crippen molar-refractivity contribution in [2.45, 2.75) is 58.8 Å². The van der Waals surface area contributed by atoms with Crippen LogP contribution in [0, 0.1) is 0 Å². The fourth-order valence-corrected chi connectivity index (χ4v) is 4.34. The summed E-state index contributed by atoms with van der Waals surface area (Å²) in [6, 6.07) is 7.62. The topological polar surface area (TPSA) is 53.1 Å². The molecule has 0 bridgehead atoms. The Morgan fingerprint density at radius 3 is 2.12 bits per heavy atom. The van der Waals surface area contributed by atoms with Crippen LogP contribution in [0.2, 0.25) is 0 Å². The summed E-state index contributed by atoms with van der Waals surface area (Å²) in [6.45, 7) is 8.74. The van der Waals surface area contributed by atoms with Gasteiger partial charge in [0.25, 0.3) is 11.8 Å². The highest BCUT2D eigenvalue weighted by atomic mass is 16.5. The zero-order valence-electron chi connectivity index (χ0n) is 20.1. The van der Waals surface area contributed by atoms with Crippen molar-refractivity contribution < 1.29 is 14.3 Å². The summed E-state index contributed by atoms with van der Waals surface area (Å²) in [6.07, 6.45) is 7.72. The molecule has 2 amide bonds. The van der Waals surface area contributed by atoms with Crippen molar-refractivity contribution in [1.29, 1.82) is 0 Å². The number of hydrogen-bond acceptors (Lipinski definition) is 5. The lowest BCUT2D eigenvalue weighted by Gasteiger charge is -2.34. The van der Waals surface area contributed by atoms with Crippen LogP contribution in [-0.4, -0.2) is 72.9 Å². The molecular formula is C26H39N3O3. The molecule has 0 spiro atoms. The fourth-order valence-electron chi connectivity index (χ4n) is 4.34. The summed E-state index contributed by atoms with van der Waals surface area (Å²) in [7, 11) is 2.09. The second kappa shape index (κ2) is 12.0. The number of likely N-dealkylation sites (N-methyl/N-ethyl adjacent to an activating group) is 1. The van der Waals surface area contributed by atoms with Crippen LogP contribution in [0.1, 0.15) is 64.4 Å². The van der Waals surface area contributed by atoms with Gasteiger partial charge in [0, 0.05) is 32.7 Å². The average Bonchev–Trinajstić information content (AvgIpc) is 3.05. The van der Waals surface area contributed by atoms with E-state index in [0.29, 0.717) is 24.4 Å². The summed E-state index contributed by atoms with van der Waals surface area (Å²) in [5, 5.41) is 0. The van der Waals surface area contributed by atoms with Gasteiger partial charge in [-0.25, -0.2) is 0 Å². The van der Waals surface area contributed by atoms with E-state index in [0.717, 1.165) is 63.2 Å². The molecule has 0 atom stereocenters.